The van der Waals surface area contributed by atoms with Gasteiger partial charge in [0.25, 0.3) is 5.91 Å². The van der Waals surface area contributed by atoms with Crippen LogP contribution in [0.25, 0.3) is 0 Å². The number of nitrogens with one attached hydrogen (secondary N) is 1. The summed E-state index contributed by atoms with van der Waals surface area (Å²) in [6.07, 6.45) is 1.63. The van der Waals surface area contributed by atoms with Gasteiger partial charge in [-0.3, -0.25) is 4.79 Å². The summed E-state index contributed by atoms with van der Waals surface area (Å²) in [5.41, 5.74) is 2.16. The van der Waals surface area contributed by atoms with Crippen molar-refractivity contribution in [2.24, 2.45) is 0 Å². The lowest BCUT2D eigenvalue weighted by atomic mass is 9.87. The molecule has 1 aromatic heterocycles. The average molecular weight is 260 g/mol. The van der Waals surface area contributed by atoms with Crippen molar-refractivity contribution in [3.05, 3.63) is 46.4 Å². The normalized spacial score (nSPS) is 11.3. The molecule has 2 aromatic rings. The Morgan fingerprint density at radius 1 is 1.22 bits per heavy atom. The molecule has 1 heterocycles. The minimum absolute atomic E-state index is 0.123. The third-order valence-electron chi connectivity index (χ3n) is 2.64. The second-order valence-corrected chi connectivity index (χ2v) is 6.01. The standard InChI is InChI=1S/C14H16N2OS/c1-14(2,3)10-4-6-11(7-5-10)16-12(17)13-15-8-9-18-13/h4-9H,1-3H3,(H,16,17). The maximum Gasteiger partial charge on any atom is 0.284 e. The largest absolute Gasteiger partial charge is 0.320 e. The molecule has 0 unspecified atom stereocenters. The van der Waals surface area contributed by atoms with Gasteiger partial charge in [-0.2, -0.15) is 0 Å². The SMILES string of the molecule is CC(C)(C)c1ccc(NC(=O)c2nccs2)cc1. The summed E-state index contributed by atoms with van der Waals surface area (Å²) in [5, 5.41) is 5.10. The maximum absolute atomic E-state index is 11.8. The first-order chi connectivity index (χ1) is 8.47. The van der Waals surface area contributed by atoms with E-state index in [1.165, 1.54) is 16.9 Å². The van der Waals surface area contributed by atoms with Gasteiger partial charge in [-0.15, -0.1) is 11.3 Å². The van der Waals surface area contributed by atoms with E-state index in [1.54, 1.807) is 11.6 Å². The van der Waals surface area contributed by atoms with Crippen LogP contribution < -0.4 is 5.32 Å². The zero-order valence-corrected chi connectivity index (χ0v) is 11.5. The van der Waals surface area contributed by atoms with Crippen molar-refractivity contribution >= 4 is 22.9 Å². The second kappa shape index (κ2) is 4.90. The Labute approximate surface area is 111 Å². The molecule has 0 radical (unpaired) electrons. The van der Waals surface area contributed by atoms with Gasteiger partial charge in [0, 0.05) is 17.3 Å². The van der Waals surface area contributed by atoms with E-state index in [4.69, 9.17) is 0 Å². The zero-order chi connectivity index (χ0) is 13.2. The summed E-state index contributed by atoms with van der Waals surface area (Å²) in [6, 6.07) is 7.92. The zero-order valence-electron chi connectivity index (χ0n) is 10.7. The molecule has 0 aliphatic heterocycles. The molecular formula is C14H16N2OS. The first-order valence-electron chi connectivity index (χ1n) is 5.78. The molecule has 0 spiro atoms. The number of benzene rings is 1. The van der Waals surface area contributed by atoms with Gasteiger partial charge in [0.05, 0.1) is 0 Å². The third kappa shape index (κ3) is 2.96. The third-order valence-corrected chi connectivity index (χ3v) is 3.41. The first kappa shape index (κ1) is 12.8. The van der Waals surface area contributed by atoms with E-state index >= 15 is 0 Å². The van der Waals surface area contributed by atoms with Gasteiger partial charge in [-0.1, -0.05) is 32.9 Å². The second-order valence-electron chi connectivity index (χ2n) is 5.12. The van der Waals surface area contributed by atoms with Gasteiger partial charge in [0.15, 0.2) is 5.01 Å². The molecule has 0 aliphatic carbocycles. The number of carbonyl (C=O) groups is 1. The quantitative estimate of drug-likeness (QED) is 0.894. The van der Waals surface area contributed by atoms with Crippen LogP contribution in [-0.4, -0.2) is 10.9 Å². The lowest BCUT2D eigenvalue weighted by Crippen LogP contribution is -2.13. The topological polar surface area (TPSA) is 42.0 Å². The van der Waals surface area contributed by atoms with Crippen LogP contribution in [0.1, 0.15) is 36.1 Å². The van der Waals surface area contributed by atoms with Crippen molar-refractivity contribution < 1.29 is 4.79 Å². The molecule has 1 aromatic carbocycles. The lowest BCUT2D eigenvalue weighted by Gasteiger charge is -2.19. The molecule has 1 N–H and O–H groups in total. The minimum Gasteiger partial charge on any atom is -0.320 e. The molecule has 18 heavy (non-hydrogen) atoms. The minimum atomic E-state index is -0.159. The van der Waals surface area contributed by atoms with Gasteiger partial charge in [0.1, 0.15) is 0 Å². The van der Waals surface area contributed by atoms with Gasteiger partial charge in [-0.25, -0.2) is 4.98 Å². The maximum atomic E-state index is 11.8. The predicted molar refractivity (Wildman–Crippen MR) is 75.2 cm³/mol. The first-order valence-corrected chi connectivity index (χ1v) is 6.66. The molecule has 0 saturated heterocycles. The fourth-order valence-electron chi connectivity index (χ4n) is 1.57. The molecule has 0 atom stereocenters. The highest BCUT2D eigenvalue weighted by Crippen LogP contribution is 2.23. The van der Waals surface area contributed by atoms with Crippen LogP contribution in [0.2, 0.25) is 0 Å². The Morgan fingerprint density at radius 2 is 1.89 bits per heavy atom. The van der Waals surface area contributed by atoms with Gasteiger partial charge in [-0.05, 0) is 23.1 Å². The molecule has 0 bridgehead atoms. The van der Waals surface area contributed by atoms with Crippen LogP contribution in [-0.2, 0) is 5.41 Å². The highest BCUT2D eigenvalue weighted by Gasteiger charge is 2.13. The summed E-state index contributed by atoms with van der Waals surface area (Å²) in [6.45, 7) is 6.49. The van der Waals surface area contributed by atoms with E-state index in [1.807, 2.05) is 24.3 Å². The van der Waals surface area contributed by atoms with Gasteiger partial charge in [0.2, 0.25) is 0 Å². The van der Waals surface area contributed by atoms with E-state index in [0.29, 0.717) is 5.01 Å². The number of hydrogen-bond donors (Lipinski definition) is 1. The van der Waals surface area contributed by atoms with Crippen molar-refractivity contribution in [2.45, 2.75) is 26.2 Å². The smallest absolute Gasteiger partial charge is 0.284 e. The highest BCUT2D eigenvalue weighted by molar-refractivity contribution is 7.11. The fraction of sp³-hybridized carbons (Fsp3) is 0.286. The van der Waals surface area contributed by atoms with Crippen LogP contribution >= 0.6 is 11.3 Å². The van der Waals surface area contributed by atoms with Crippen molar-refractivity contribution in [3.8, 4) is 0 Å². The molecule has 0 aliphatic rings. The number of hydrogen-bond acceptors (Lipinski definition) is 3. The van der Waals surface area contributed by atoms with E-state index < -0.39 is 0 Å². The van der Waals surface area contributed by atoms with E-state index in [-0.39, 0.29) is 11.3 Å². The molecule has 0 fully saturated rings. The number of nitrogens with zero attached hydrogens (tertiary/aromatic N) is 1. The van der Waals surface area contributed by atoms with Gasteiger partial charge < -0.3 is 5.32 Å². The number of thiazole rings is 1. The summed E-state index contributed by atoms with van der Waals surface area (Å²) in [5.74, 6) is -0.159. The Bertz CT molecular complexity index is 524. The number of amides is 1. The Hall–Kier alpha value is -1.68. The highest BCUT2D eigenvalue weighted by atomic mass is 32.1. The van der Waals surface area contributed by atoms with Crippen molar-refractivity contribution in [1.82, 2.24) is 4.98 Å². The molecule has 2 rings (SSSR count). The average Bonchev–Trinajstić information content (AvgIpc) is 2.82. The molecule has 94 valence electrons. The van der Waals surface area contributed by atoms with Crippen molar-refractivity contribution in [3.63, 3.8) is 0 Å². The number of aromatic nitrogens is 1. The van der Waals surface area contributed by atoms with Crippen LogP contribution in [0, 0.1) is 0 Å². The van der Waals surface area contributed by atoms with E-state index in [2.05, 4.69) is 31.1 Å². The van der Waals surface area contributed by atoms with Crippen molar-refractivity contribution in [1.29, 1.82) is 0 Å². The Balaban J connectivity index is 2.09. The van der Waals surface area contributed by atoms with Crippen LogP contribution in [0.5, 0.6) is 0 Å². The fourth-order valence-corrected chi connectivity index (χ4v) is 2.10. The van der Waals surface area contributed by atoms with Crippen LogP contribution in [0.15, 0.2) is 35.8 Å². The summed E-state index contributed by atoms with van der Waals surface area (Å²) in [4.78, 5) is 15.8. The molecular weight excluding hydrogens is 244 g/mol. The van der Waals surface area contributed by atoms with E-state index in [0.717, 1.165) is 5.69 Å². The van der Waals surface area contributed by atoms with Crippen LogP contribution in [0.4, 0.5) is 5.69 Å². The monoisotopic (exact) mass is 260 g/mol. The van der Waals surface area contributed by atoms with E-state index in [9.17, 15) is 4.79 Å². The molecule has 4 heteroatoms. The summed E-state index contributed by atoms with van der Waals surface area (Å²) >= 11 is 1.33. The number of rotatable bonds is 2. The number of carbonyl (C=O) groups excluding carboxylic acids is 1. The summed E-state index contributed by atoms with van der Waals surface area (Å²) < 4.78 is 0. The Morgan fingerprint density at radius 3 is 2.39 bits per heavy atom. The summed E-state index contributed by atoms with van der Waals surface area (Å²) in [7, 11) is 0. The van der Waals surface area contributed by atoms with Crippen molar-refractivity contribution in [2.75, 3.05) is 5.32 Å². The van der Waals surface area contributed by atoms with Crippen LogP contribution in [0.3, 0.4) is 0 Å². The molecule has 3 nitrogen and oxygen atoms in total. The predicted octanol–water partition coefficient (Wildman–Crippen LogP) is 3.69. The van der Waals surface area contributed by atoms with Gasteiger partial charge >= 0.3 is 0 Å². The Kier molecular flexibility index (Phi) is 3.48. The number of anilines is 1. The molecule has 0 saturated carbocycles. The lowest BCUT2D eigenvalue weighted by molar-refractivity contribution is 0.102. The molecule has 1 amide bonds.